The van der Waals surface area contributed by atoms with Crippen molar-refractivity contribution in [3.63, 3.8) is 0 Å². The van der Waals surface area contributed by atoms with Crippen molar-refractivity contribution in [2.24, 2.45) is 0 Å². The molecule has 3 heterocycles. The molecule has 0 radical (unpaired) electrons. The number of ether oxygens (including phenoxy) is 2. The highest BCUT2D eigenvalue weighted by atomic mass is 32.1. The van der Waals surface area contributed by atoms with Gasteiger partial charge in [-0.1, -0.05) is 12.1 Å². The van der Waals surface area contributed by atoms with E-state index in [1.165, 1.54) is 10.9 Å². The second kappa shape index (κ2) is 11.0. The molecule has 7 nitrogen and oxygen atoms in total. The fourth-order valence-corrected chi connectivity index (χ4v) is 5.44. The van der Waals surface area contributed by atoms with Crippen LogP contribution in [0.4, 0.5) is 9.18 Å². The van der Waals surface area contributed by atoms with Crippen LogP contribution in [-0.4, -0.2) is 66.2 Å². The number of carbonyl (C=O) groups excluding carboxylic acids is 2. The SMILES string of the molecule is CC(C)(C)NC(=O)N(CC(=O)N1CCc2sccc2[C@@H]1COc1ccccc1F)C[C@H]1CCCO1. The van der Waals surface area contributed by atoms with Crippen LogP contribution < -0.4 is 10.1 Å². The quantitative estimate of drug-likeness (QED) is 0.609. The zero-order valence-electron chi connectivity index (χ0n) is 20.6. The number of amides is 3. The number of hydrogen-bond acceptors (Lipinski definition) is 5. The van der Waals surface area contributed by atoms with Gasteiger partial charge in [-0.2, -0.15) is 0 Å². The minimum Gasteiger partial charge on any atom is -0.488 e. The van der Waals surface area contributed by atoms with Crippen LogP contribution in [0, 0.1) is 5.82 Å². The van der Waals surface area contributed by atoms with Crippen LogP contribution in [0.5, 0.6) is 5.75 Å². The molecule has 1 aromatic heterocycles. The molecule has 0 aliphatic carbocycles. The first kappa shape index (κ1) is 25.4. The van der Waals surface area contributed by atoms with E-state index in [1.807, 2.05) is 32.2 Å². The molecule has 2 atom stereocenters. The fraction of sp³-hybridized carbons (Fsp3) is 0.538. The van der Waals surface area contributed by atoms with Gasteiger partial charge in [-0.3, -0.25) is 4.79 Å². The maximum absolute atomic E-state index is 14.2. The lowest BCUT2D eigenvalue weighted by atomic mass is 10.0. The second-order valence-corrected chi connectivity index (χ2v) is 11.1. The summed E-state index contributed by atoms with van der Waals surface area (Å²) < 4.78 is 25.7. The van der Waals surface area contributed by atoms with Gasteiger partial charge in [0.2, 0.25) is 5.91 Å². The summed E-state index contributed by atoms with van der Waals surface area (Å²) >= 11 is 1.66. The van der Waals surface area contributed by atoms with Crippen LogP contribution in [0.1, 0.15) is 50.1 Å². The van der Waals surface area contributed by atoms with Crippen LogP contribution in [0.15, 0.2) is 35.7 Å². The molecule has 35 heavy (non-hydrogen) atoms. The molecule has 1 aromatic carbocycles. The summed E-state index contributed by atoms with van der Waals surface area (Å²) in [5.74, 6) is -0.439. The Bertz CT molecular complexity index is 1030. The summed E-state index contributed by atoms with van der Waals surface area (Å²) in [6.07, 6.45) is 2.50. The van der Waals surface area contributed by atoms with Crippen LogP contribution in [0.2, 0.25) is 0 Å². The van der Waals surface area contributed by atoms with E-state index >= 15 is 0 Å². The molecule has 1 saturated heterocycles. The third kappa shape index (κ3) is 6.52. The molecular weight excluding hydrogens is 469 g/mol. The van der Waals surface area contributed by atoms with Crippen molar-refractivity contribution in [3.05, 3.63) is 52.0 Å². The lowest BCUT2D eigenvalue weighted by Gasteiger charge is -2.37. The van der Waals surface area contributed by atoms with Gasteiger partial charge in [0.25, 0.3) is 0 Å². The first-order valence-corrected chi connectivity index (χ1v) is 13.0. The van der Waals surface area contributed by atoms with Gasteiger partial charge in [0.05, 0.1) is 12.1 Å². The zero-order valence-corrected chi connectivity index (χ0v) is 21.4. The van der Waals surface area contributed by atoms with Crippen molar-refractivity contribution in [3.8, 4) is 5.75 Å². The normalized spacial score (nSPS) is 19.8. The number of benzene rings is 1. The molecule has 0 saturated carbocycles. The molecule has 2 aliphatic rings. The van der Waals surface area contributed by atoms with Gasteiger partial charge in [0.1, 0.15) is 13.2 Å². The highest BCUT2D eigenvalue weighted by molar-refractivity contribution is 7.10. The standard InChI is InChI=1S/C26H34FN3O4S/c1-26(2,3)28-25(32)29(15-18-7-6-13-33-18)16-24(31)30-12-10-23-19(11-14-35-23)21(30)17-34-22-9-5-4-8-20(22)27/h4-5,8-9,11,14,18,21H,6-7,10,12-13,15-17H2,1-3H3,(H,28,32)/t18-,21+/m1/s1. The molecule has 190 valence electrons. The van der Waals surface area contributed by atoms with Crippen molar-refractivity contribution in [2.75, 3.05) is 32.8 Å². The number of hydrogen-bond donors (Lipinski definition) is 1. The Balaban J connectivity index is 1.51. The Hall–Kier alpha value is -2.65. The molecule has 3 amide bonds. The average molecular weight is 504 g/mol. The average Bonchev–Trinajstić information content (AvgIpc) is 3.48. The predicted molar refractivity (Wildman–Crippen MR) is 133 cm³/mol. The Morgan fingerprint density at radius 2 is 2.09 bits per heavy atom. The molecule has 9 heteroatoms. The van der Waals surface area contributed by atoms with E-state index in [0.717, 1.165) is 24.8 Å². The number of para-hydroxylation sites is 1. The molecule has 0 spiro atoms. The predicted octanol–water partition coefficient (Wildman–Crippen LogP) is 4.38. The number of nitrogens with zero attached hydrogens (tertiary/aromatic N) is 2. The zero-order chi connectivity index (χ0) is 25.0. The highest BCUT2D eigenvalue weighted by Gasteiger charge is 2.35. The smallest absolute Gasteiger partial charge is 0.318 e. The topological polar surface area (TPSA) is 71.1 Å². The second-order valence-electron chi connectivity index (χ2n) is 10.1. The maximum atomic E-state index is 14.2. The number of fused-ring (bicyclic) bond motifs is 1. The number of thiophene rings is 1. The maximum Gasteiger partial charge on any atom is 0.318 e. The molecule has 4 rings (SSSR count). The molecule has 0 unspecified atom stereocenters. The van der Waals surface area contributed by atoms with E-state index in [-0.39, 0.29) is 43.0 Å². The lowest BCUT2D eigenvalue weighted by Crippen LogP contribution is -2.54. The number of urea groups is 1. The third-order valence-corrected chi connectivity index (χ3v) is 7.19. The monoisotopic (exact) mass is 503 g/mol. The van der Waals surface area contributed by atoms with E-state index in [9.17, 15) is 14.0 Å². The van der Waals surface area contributed by atoms with Gasteiger partial charge in [0.15, 0.2) is 11.6 Å². The Kier molecular flexibility index (Phi) is 7.96. The first-order chi connectivity index (χ1) is 16.7. The minimum absolute atomic E-state index is 0.0581. The Morgan fingerprint density at radius 3 is 2.80 bits per heavy atom. The van der Waals surface area contributed by atoms with Crippen molar-refractivity contribution in [2.45, 2.75) is 57.7 Å². The summed E-state index contributed by atoms with van der Waals surface area (Å²) in [4.78, 5) is 31.2. The van der Waals surface area contributed by atoms with Gasteiger partial charge in [-0.25, -0.2) is 9.18 Å². The van der Waals surface area contributed by atoms with E-state index in [2.05, 4.69) is 5.32 Å². The van der Waals surface area contributed by atoms with Gasteiger partial charge in [-0.15, -0.1) is 11.3 Å². The highest BCUT2D eigenvalue weighted by Crippen LogP contribution is 2.34. The summed E-state index contributed by atoms with van der Waals surface area (Å²) in [5.41, 5.74) is 0.595. The molecule has 1 N–H and O–H groups in total. The van der Waals surface area contributed by atoms with Crippen molar-refractivity contribution in [1.82, 2.24) is 15.1 Å². The van der Waals surface area contributed by atoms with Crippen LogP contribution in [0.3, 0.4) is 0 Å². The molecule has 0 bridgehead atoms. The van der Waals surface area contributed by atoms with E-state index in [1.54, 1.807) is 39.3 Å². The van der Waals surface area contributed by atoms with Crippen molar-refractivity contribution < 1.29 is 23.5 Å². The number of rotatable bonds is 7. The number of nitrogens with one attached hydrogen (secondary N) is 1. The first-order valence-electron chi connectivity index (χ1n) is 12.1. The van der Waals surface area contributed by atoms with E-state index in [0.29, 0.717) is 19.7 Å². The summed E-state index contributed by atoms with van der Waals surface area (Å²) in [7, 11) is 0. The van der Waals surface area contributed by atoms with E-state index in [4.69, 9.17) is 9.47 Å². The fourth-order valence-electron chi connectivity index (χ4n) is 4.51. The third-order valence-electron chi connectivity index (χ3n) is 6.19. The number of carbonyl (C=O) groups is 2. The van der Waals surface area contributed by atoms with Crippen LogP contribution >= 0.6 is 11.3 Å². The lowest BCUT2D eigenvalue weighted by molar-refractivity contribution is -0.135. The van der Waals surface area contributed by atoms with Gasteiger partial charge < -0.3 is 24.6 Å². The Labute approximate surface area is 210 Å². The van der Waals surface area contributed by atoms with Gasteiger partial charge >= 0.3 is 6.03 Å². The number of halogens is 1. The minimum atomic E-state index is -0.437. The van der Waals surface area contributed by atoms with Crippen molar-refractivity contribution in [1.29, 1.82) is 0 Å². The summed E-state index contributed by atoms with van der Waals surface area (Å²) in [6, 6.07) is 7.63. The Morgan fingerprint density at radius 1 is 1.29 bits per heavy atom. The van der Waals surface area contributed by atoms with Gasteiger partial charge in [-0.05, 0) is 69.2 Å². The van der Waals surface area contributed by atoms with E-state index < -0.39 is 11.4 Å². The van der Waals surface area contributed by atoms with Crippen molar-refractivity contribution >= 4 is 23.3 Å². The van der Waals surface area contributed by atoms with Gasteiger partial charge in [0, 0.05) is 30.1 Å². The summed E-state index contributed by atoms with van der Waals surface area (Å²) in [6.45, 7) is 7.37. The van der Waals surface area contributed by atoms with Crippen LogP contribution in [-0.2, 0) is 16.0 Å². The molecular formula is C26H34FN3O4S. The summed E-state index contributed by atoms with van der Waals surface area (Å²) in [5, 5.41) is 4.98. The van der Waals surface area contributed by atoms with Crippen LogP contribution in [0.25, 0.3) is 0 Å². The molecule has 1 fully saturated rings. The molecule has 2 aliphatic heterocycles. The largest absolute Gasteiger partial charge is 0.488 e. The molecule has 2 aromatic rings.